The lowest BCUT2D eigenvalue weighted by Gasteiger charge is -2.32. The molecule has 0 bridgehead atoms. The van der Waals surface area contributed by atoms with Crippen LogP contribution in [0.25, 0.3) is 0 Å². The van der Waals surface area contributed by atoms with Crippen LogP contribution < -0.4 is 5.32 Å². The predicted molar refractivity (Wildman–Crippen MR) is 71.9 cm³/mol. The highest BCUT2D eigenvalue weighted by Gasteiger charge is 2.32. The topological polar surface area (TPSA) is 15.3 Å². The van der Waals surface area contributed by atoms with Crippen molar-refractivity contribution in [1.82, 2.24) is 10.2 Å². The van der Waals surface area contributed by atoms with Crippen molar-refractivity contribution >= 4 is 0 Å². The monoisotopic (exact) mass is 226 g/mol. The van der Waals surface area contributed by atoms with Crippen molar-refractivity contribution in [2.75, 3.05) is 19.6 Å². The van der Waals surface area contributed by atoms with Gasteiger partial charge in [-0.05, 0) is 38.8 Å². The summed E-state index contributed by atoms with van der Waals surface area (Å²) in [6.45, 7) is 10.4. The smallest absolute Gasteiger partial charge is 0.0223 e. The molecule has 0 spiro atoms. The second-order valence-corrected chi connectivity index (χ2v) is 5.07. The van der Waals surface area contributed by atoms with Gasteiger partial charge in [-0.3, -0.25) is 4.90 Å². The van der Waals surface area contributed by atoms with E-state index in [0.717, 1.165) is 18.6 Å². The highest BCUT2D eigenvalue weighted by Crippen LogP contribution is 2.30. The molecule has 0 aromatic heterocycles. The van der Waals surface area contributed by atoms with E-state index in [0.29, 0.717) is 0 Å². The number of nitrogens with zero attached hydrogens (tertiary/aromatic N) is 1. The van der Waals surface area contributed by atoms with Crippen molar-refractivity contribution in [1.29, 1.82) is 0 Å². The highest BCUT2D eigenvalue weighted by atomic mass is 15.2. The second-order valence-electron chi connectivity index (χ2n) is 5.07. The van der Waals surface area contributed by atoms with Gasteiger partial charge < -0.3 is 5.32 Å². The van der Waals surface area contributed by atoms with Crippen molar-refractivity contribution < 1.29 is 0 Å². The lowest BCUT2D eigenvalue weighted by molar-refractivity contribution is 0.169. The maximum Gasteiger partial charge on any atom is 0.0223 e. The SMILES string of the molecule is CCCCN(C1CC1)C(CCC)CNCC. The van der Waals surface area contributed by atoms with E-state index in [9.17, 15) is 0 Å². The summed E-state index contributed by atoms with van der Waals surface area (Å²) in [5.41, 5.74) is 0. The predicted octanol–water partition coefficient (Wildman–Crippen LogP) is 3.03. The van der Waals surface area contributed by atoms with Gasteiger partial charge in [-0.25, -0.2) is 0 Å². The first-order valence-electron chi connectivity index (χ1n) is 7.29. The van der Waals surface area contributed by atoms with E-state index in [1.165, 1.54) is 51.6 Å². The quantitative estimate of drug-likeness (QED) is 0.616. The van der Waals surface area contributed by atoms with E-state index in [1.54, 1.807) is 0 Å². The molecule has 2 heteroatoms. The van der Waals surface area contributed by atoms with Gasteiger partial charge in [0.2, 0.25) is 0 Å². The lowest BCUT2D eigenvalue weighted by Crippen LogP contribution is -2.44. The molecule has 1 atom stereocenters. The van der Waals surface area contributed by atoms with Crippen molar-refractivity contribution in [3.8, 4) is 0 Å². The molecule has 0 aromatic rings. The lowest BCUT2D eigenvalue weighted by atomic mass is 10.1. The molecule has 1 aliphatic rings. The number of rotatable bonds is 10. The van der Waals surface area contributed by atoms with Gasteiger partial charge in [0.15, 0.2) is 0 Å². The molecule has 0 aromatic carbocycles. The van der Waals surface area contributed by atoms with Crippen molar-refractivity contribution in [3.63, 3.8) is 0 Å². The van der Waals surface area contributed by atoms with Gasteiger partial charge in [-0.2, -0.15) is 0 Å². The normalized spacial score (nSPS) is 18.0. The average Bonchev–Trinajstić information content (AvgIpc) is 3.10. The summed E-state index contributed by atoms with van der Waals surface area (Å²) in [5, 5.41) is 3.53. The zero-order valence-corrected chi connectivity index (χ0v) is 11.5. The minimum atomic E-state index is 0.781. The third-order valence-corrected chi connectivity index (χ3v) is 3.51. The first-order valence-corrected chi connectivity index (χ1v) is 7.29. The van der Waals surface area contributed by atoms with E-state index in [2.05, 4.69) is 31.0 Å². The number of likely N-dealkylation sites (N-methyl/N-ethyl adjacent to an activating group) is 1. The molecule has 1 fully saturated rings. The van der Waals surface area contributed by atoms with Crippen LogP contribution in [0.15, 0.2) is 0 Å². The Kier molecular flexibility index (Phi) is 7.06. The summed E-state index contributed by atoms with van der Waals surface area (Å²) in [6.07, 6.45) is 8.23. The molecule has 2 nitrogen and oxygen atoms in total. The molecule has 0 radical (unpaired) electrons. The maximum absolute atomic E-state index is 3.53. The van der Waals surface area contributed by atoms with Crippen LogP contribution in [0, 0.1) is 0 Å². The summed E-state index contributed by atoms with van der Waals surface area (Å²) >= 11 is 0. The molecule has 1 unspecified atom stereocenters. The van der Waals surface area contributed by atoms with Crippen LogP contribution in [-0.4, -0.2) is 36.6 Å². The van der Waals surface area contributed by atoms with Gasteiger partial charge in [0.05, 0.1) is 0 Å². The first kappa shape index (κ1) is 14.0. The fourth-order valence-corrected chi connectivity index (χ4v) is 2.44. The molecule has 1 rings (SSSR count). The van der Waals surface area contributed by atoms with E-state index in [1.807, 2.05) is 0 Å². The molecule has 0 saturated heterocycles. The fraction of sp³-hybridized carbons (Fsp3) is 1.00. The van der Waals surface area contributed by atoms with Crippen LogP contribution >= 0.6 is 0 Å². The van der Waals surface area contributed by atoms with E-state index >= 15 is 0 Å². The van der Waals surface area contributed by atoms with Crippen LogP contribution in [0.5, 0.6) is 0 Å². The van der Waals surface area contributed by atoms with E-state index in [-0.39, 0.29) is 0 Å². The number of hydrogen-bond acceptors (Lipinski definition) is 2. The molecule has 0 amide bonds. The van der Waals surface area contributed by atoms with Crippen molar-refractivity contribution in [2.45, 2.75) is 71.4 Å². The zero-order chi connectivity index (χ0) is 11.8. The third-order valence-electron chi connectivity index (χ3n) is 3.51. The second kappa shape index (κ2) is 8.08. The summed E-state index contributed by atoms with van der Waals surface area (Å²) < 4.78 is 0. The number of nitrogens with one attached hydrogen (secondary N) is 1. The molecule has 1 N–H and O–H groups in total. The molecule has 1 saturated carbocycles. The fourth-order valence-electron chi connectivity index (χ4n) is 2.44. The van der Waals surface area contributed by atoms with Gasteiger partial charge in [-0.1, -0.05) is 33.6 Å². The highest BCUT2D eigenvalue weighted by molar-refractivity contribution is 4.89. The molecular weight excluding hydrogens is 196 g/mol. The summed E-state index contributed by atoms with van der Waals surface area (Å²) in [6, 6.07) is 1.70. The van der Waals surface area contributed by atoms with E-state index < -0.39 is 0 Å². The first-order chi connectivity index (χ1) is 7.83. The Morgan fingerprint density at radius 2 is 1.94 bits per heavy atom. The van der Waals surface area contributed by atoms with Crippen LogP contribution in [0.3, 0.4) is 0 Å². The van der Waals surface area contributed by atoms with Gasteiger partial charge in [-0.15, -0.1) is 0 Å². The molecule has 16 heavy (non-hydrogen) atoms. The number of unbranched alkanes of at least 4 members (excludes halogenated alkanes) is 1. The third kappa shape index (κ3) is 4.84. The van der Waals surface area contributed by atoms with Crippen LogP contribution in [0.2, 0.25) is 0 Å². The Morgan fingerprint density at radius 1 is 1.19 bits per heavy atom. The van der Waals surface area contributed by atoms with Crippen molar-refractivity contribution in [3.05, 3.63) is 0 Å². The summed E-state index contributed by atoms with van der Waals surface area (Å²) in [5.74, 6) is 0. The summed E-state index contributed by atoms with van der Waals surface area (Å²) in [7, 11) is 0. The Morgan fingerprint density at radius 3 is 2.44 bits per heavy atom. The molecular formula is C14H30N2. The van der Waals surface area contributed by atoms with Crippen LogP contribution in [0.4, 0.5) is 0 Å². The zero-order valence-electron chi connectivity index (χ0n) is 11.5. The van der Waals surface area contributed by atoms with Gasteiger partial charge in [0.25, 0.3) is 0 Å². The maximum atomic E-state index is 3.53. The summed E-state index contributed by atoms with van der Waals surface area (Å²) in [4.78, 5) is 2.79. The van der Waals surface area contributed by atoms with Gasteiger partial charge >= 0.3 is 0 Å². The largest absolute Gasteiger partial charge is 0.315 e. The van der Waals surface area contributed by atoms with Gasteiger partial charge in [0.1, 0.15) is 0 Å². The number of hydrogen-bond donors (Lipinski definition) is 1. The van der Waals surface area contributed by atoms with E-state index in [4.69, 9.17) is 0 Å². The minimum absolute atomic E-state index is 0.781. The Labute approximate surface area is 102 Å². The Balaban J connectivity index is 2.40. The average molecular weight is 226 g/mol. The van der Waals surface area contributed by atoms with Crippen LogP contribution in [0.1, 0.15) is 59.3 Å². The molecule has 96 valence electrons. The minimum Gasteiger partial charge on any atom is -0.315 e. The molecule has 0 aliphatic heterocycles. The molecule has 0 heterocycles. The van der Waals surface area contributed by atoms with Gasteiger partial charge in [0, 0.05) is 18.6 Å². The molecule has 1 aliphatic carbocycles. The van der Waals surface area contributed by atoms with Crippen molar-refractivity contribution in [2.24, 2.45) is 0 Å². The Hall–Kier alpha value is -0.0800. The van der Waals surface area contributed by atoms with Crippen LogP contribution in [-0.2, 0) is 0 Å². The Bertz CT molecular complexity index is 166. The standard InChI is InChI=1S/C14H30N2/c1-4-7-11-16(13-9-10-13)14(8-5-2)12-15-6-3/h13-15H,4-12H2,1-3H3.